The average molecular weight is 496 g/mol. The van der Waals surface area contributed by atoms with Crippen molar-refractivity contribution in [2.75, 3.05) is 13.2 Å². The second-order valence-corrected chi connectivity index (χ2v) is 9.31. The average Bonchev–Trinajstić information content (AvgIpc) is 2.92. The van der Waals surface area contributed by atoms with Gasteiger partial charge in [-0.1, -0.05) is 51.1 Å². The molecular weight excluding hydrogens is 462 g/mol. The van der Waals surface area contributed by atoms with Gasteiger partial charge in [-0.05, 0) is 66.9 Å². The number of fused-ring (bicyclic) bond motifs is 1. The minimum Gasteiger partial charge on any atom is -0.494 e. The standard InChI is InChI=1S/C31H33N3O3/c1-5-36-25-16-12-24(13-17-25)30-18-28(27-8-6-7-9-29(27)33-30)31(35)34-32-19-22(4)23-10-14-26(15-11-23)37-20-21(2)3/h6-19,21-22H,5,20H2,1-4H3,(H,34,35)/b32-19-/t22-/m1/s1. The van der Waals surface area contributed by atoms with E-state index in [9.17, 15) is 4.79 Å². The number of nitrogens with zero attached hydrogens (tertiary/aromatic N) is 2. The fourth-order valence-electron chi connectivity index (χ4n) is 3.88. The molecule has 4 aromatic rings. The summed E-state index contributed by atoms with van der Waals surface area (Å²) in [6, 6.07) is 25.1. The third-order valence-electron chi connectivity index (χ3n) is 5.88. The number of pyridine rings is 1. The smallest absolute Gasteiger partial charge is 0.272 e. The highest BCUT2D eigenvalue weighted by Gasteiger charge is 2.14. The Morgan fingerprint density at radius 2 is 1.62 bits per heavy atom. The number of benzene rings is 3. The maximum absolute atomic E-state index is 13.2. The zero-order valence-corrected chi connectivity index (χ0v) is 21.8. The zero-order chi connectivity index (χ0) is 26.2. The van der Waals surface area contributed by atoms with Crippen LogP contribution in [0.2, 0.25) is 0 Å². The van der Waals surface area contributed by atoms with Crippen LogP contribution in [0, 0.1) is 5.92 Å². The number of rotatable bonds is 10. The van der Waals surface area contributed by atoms with Crippen molar-refractivity contribution in [1.29, 1.82) is 0 Å². The summed E-state index contributed by atoms with van der Waals surface area (Å²) in [6.07, 6.45) is 1.73. The van der Waals surface area contributed by atoms with Gasteiger partial charge in [-0.15, -0.1) is 0 Å². The lowest BCUT2D eigenvalue weighted by molar-refractivity contribution is 0.0956. The van der Waals surface area contributed by atoms with E-state index in [4.69, 9.17) is 14.5 Å². The predicted octanol–water partition coefficient (Wildman–Crippen LogP) is 6.85. The summed E-state index contributed by atoms with van der Waals surface area (Å²) in [5.41, 5.74) is 6.67. The topological polar surface area (TPSA) is 72.8 Å². The first kappa shape index (κ1) is 25.9. The van der Waals surface area contributed by atoms with Crippen molar-refractivity contribution in [3.8, 4) is 22.8 Å². The highest BCUT2D eigenvalue weighted by Crippen LogP contribution is 2.26. The number of para-hydroxylation sites is 1. The molecule has 6 heteroatoms. The molecule has 0 radical (unpaired) electrons. The Bertz CT molecular complexity index is 1360. The molecule has 0 aliphatic heterocycles. The molecule has 1 amide bonds. The van der Waals surface area contributed by atoms with Crippen molar-refractivity contribution in [2.24, 2.45) is 11.0 Å². The van der Waals surface area contributed by atoms with Crippen LogP contribution < -0.4 is 14.9 Å². The number of carbonyl (C=O) groups is 1. The molecule has 37 heavy (non-hydrogen) atoms. The molecule has 0 unspecified atom stereocenters. The fourth-order valence-corrected chi connectivity index (χ4v) is 3.88. The number of aromatic nitrogens is 1. The molecule has 1 atom stereocenters. The van der Waals surface area contributed by atoms with E-state index in [1.54, 1.807) is 6.21 Å². The van der Waals surface area contributed by atoms with Crippen molar-refractivity contribution >= 4 is 23.0 Å². The maximum atomic E-state index is 13.2. The third kappa shape index (κ3) is 6.73. The van der Waals surface area contributed by atoms with E-state index in [0.717, 1.165) is 33.5 Å². The second-order valence-electron chi connectivity index (χ2n) is 9.31. The first-order chi connectivity index (χ1) is 17.9. The number of ether oxygens (including phenoxy) is 2. The summed E-state index contributed by atoms with van der Waals surface area (Å²) < 4.78 is 11.3. The summed E-state index contributed by atoms with van der Waals surface area (Å²) in [4.78, 5) is 18.0. The highest BCUT2D eigenvalue weighted by atomic mass is 16.5. The molecule has 0 saturated heterocycles. The molecule has 0 saturated carbocycles. The van der Waals surface area contributed by atoms with Gasteiger partial charge in [0.1, 0.15) is 11.5 Å². The molecule has 1 N–H and O–H groups in total. The largest absolute Gasteiger partial charge is 0.494 e. The summed E-state index contributed by atoms with van der Waals surface area (Å²) in [5, 5.41) is 5.03. The quantitative estimate of drug-likeness (QED) is 0.193. The van der Waals surface area contributed by atoms with Crippen molar-refractivity contribution in [2.45, 2.75) is 33.6 Å². The molecule has 190 valence electrons. The number of hydrogen-bond donors (Lipinski definition) is 1. The van der Waals surface area contributed by atoms with Crippen LogP contribution in [0.4, 0.5) is 0 Å². The van der Waals surface area contributed by atoms with E-state index >= 15 is 0 Å². The fraction of sp³-hybridized carbons (Fsp3) is 0.258. The van der Waals surface area contributed by atoms with E-state index in [2.05, 4.69) is 24.4 Å². The van der Waals surface area contributed by atoms with Crippen LogP contribution in [-0.4, -0.2) is 30.3 Å². The summed E-state index contributed by atoms with van der Waals surface area (Å²) in [7, 11) is 0. The minimum absolute atomic E-state index is 0.0213. The van der Waals surface area contributed by atoms with Gasteiger partial charge in [0.15, 0.2) is 0 Å². The van der Waals surface area contributed by atoms with Crippen LogP contribution in [0.15, 0.2) is 84.0 Å². The Balaban J connectivity index is 1.49. The van der Waals surface area contributed by atoms with Crippen LogP contribution in [-0.2, 0) is 0 Å². The van der Waals surface area contributed by atoms with Gasteiger partial charge in [0.2, 0.25) is 0 Å². The van der Waals surface area contributed by atoms with Crippen LogP contribution in [0.1, 0.15) is 49.5 Å². The first-order valence-corrected chi connectivity index (χ1v) is 12.6. The lowest BCUT2D eigenvalue weighted by Gasteiger charge is -2.11. The third-order valence-corrected chi connectivity index (χ3v) is 5.88. The van der Waals surface area contributed by atoms with E-state index in [-0.39, 0.29) is 11.8 Å². The van der Waals surface area contributed by atoms with Crippen molar-refractivity contribution in [3.05, 3.63) is 90.0 Å². The lowest BCUT2D eigenvalue weighted by atomic mass is 10.0. The molecule has 1 heterocycles. The second kappa shape index (κ2) is 12.2. The van der Waals surface area contributed by atoms with Crippen LogP contribution >= 0.6 is 0 Å². The number of carbonyl (C=O) groups excluding carboxylic acids is 1. The van der Waals surface area contributed by atoms with E-state index in [0.29, 0.717) is 30.4 Å². The number of hydrogen-bond acceptors (Lipinski definition) is 5. The summed E-state index contributed by atoms with van der Waals surface area (Å²) in [5.74, 6) is 1.86. The number of amides is 1. The maximum Gasteiger partial charge on any atom is 0.272 e. The predicted molar refractivity (Wildman–Crippen MR) is 149 cm³/mol. The monoisotopic (exact) mass is 495 g/mol. The Morgan fingerprint density at radius 3 is 2.32 bits per heavy atom. The van der Waals surface area contributed by atoms with Gasteiger partial charge in [-0.3, -0.25) is 4.79 Å². The first-order valence-electron chi connectivity index (χ1n) is 12.6. The lowest BCUT2D eigenvalue weighted by Crippen LogP contribution is -2.19. The van der Waals surface area contributed by atoms with Gasteiger partial charge in [0, 0.05) is 23.1 Å². The normalized spacial score (nSPS) is 12.1. The molecular formula is C31H33N3O3. The Kier molecular flexibility index (Phi) is 8.52. The van der Waals surface area contributed by atoms with E-state index < -0.39 is 0 Å². The van der Waals surface area contributed by atoms with Crippen LogP contribution in [0.5, 0.6) is 11.5 Å². The number of hydrazone groups is 1. The zero-order valence-electron chi connectivity index (χ0n) is 21.8. The molecule has 3 aromatic carbocycles. The van der Waals surface area contributed by atoms with Gasteiger partial charge >= 0.3 is 0 Å². The summed E-state index contributed by atoms with van der Waals surface area (Å²) in [6.45, 7) is 9.52. The van der Waals surface area contributed by atoms with E-state index in [1.807, 2.05) is 92.7 Å². The summed E-state index contributed by atoms with van der Waals surface area (Å²) >= 11 is 0. The van der Waals surface area contributed by atoms with Gasteiger partial charge in [0.05, 0.1) is 30.0 Å². The minimum atomic E-state index is -0.285. The molecule has 0 spiro atoms. The molecule has 0 aliphatic carbocycles. The van der Waals surface area contributed by atoms with E-state index in [1.165, 1.54) is 0 Å². The molecule has 0 fully saturated rings. The molecule has 0 bridgehead atoms. The highest BCUT2D eigenvalue weighted by molar-refractivity contribution is 6.07. The van der Waals surface area contributed by atoms with Gasteiger partial charge < -0.3 is 9.47 Å². The van der Waals surface area contributed by atoms with Crippen LogP contribution in [0.25, 0.3) is 22.2 Å². The Labute approximate surface area is 218 Å². The Morgan fingerprint density at radius 1 is 0.946 bits per heavy atom. The molecule has 4 rings (SSSR count). The van der Waals surface area contributed by atoms with Crippen molar-refractivity contribution in [1.82, 2.24) is 10.4 Å². The van der Waals surface area contributed by atoms with Crippen molar-refractivity contribution in [3.63, 3.8) is 0 Å². The van der Waals surface area contributed by atoms with Gasteiger partial charge in [-0.25, -0.2) is 10.4 Å². The molecule has 1 aromatic heterocycles. The van der Waals surface area contributed by atoms with Gasteiger partial charge in [0.25, 0.3) is 5.91 Å². The van der Waals surface area contributed by atoms with Crippen molar-refractivity contribution < 1.29 is 14.3 Å². The van der Waals surface area contributed by atoms with Crippen LogP contribution in [0.3, 0.4) is 0 Å². The molecule has 6 nitrogen and oxygen atoms in total. The molecule has 0 aliphatic rings. The van der Waals surface area contributed by atoms with Gasteiger partial charge in [-0.2, -0.15) is 5.10 Å². The Hall–Kier alpha value is -4.19. The SMILES string of the molecule is CCOc1ccc(-c2cc(C(=O)N/N=C\[C@@H](C)c3ccc(OCC(C)C)cc3)c3ccccc3n2)cc1. The number of nitrogens with one attached hydrogen (secondary N) is 1.